The average molecular weight is 476 g/mol. The first-order valence-corrected chi connectivity index (χ1v) is 16.2. The van der Waals surface area contributed by atoms with E-state index in [-0.39, 0.29) is 0 Å². The van der Waals surface area contributed by atoms with E-state index in [0.29, 0.717) is 0 Å². The fourth-order valence-corrected chi connectivity index (χ4v) is 8.68. The Labute approximate surface area is 216 Å². The molecule has 1 N–H and O–H groups in total. The monoisotopic (exact) mass is 476 g/mol. The van der Waals surface area contributed by atoms with Gasteiger partial charge in [-0.3, -0.25) is 0 Å². The standard InChI is InChI=1S/C30H57N.C3H8/c1-7-10-12-21(4)27(9-3)22(5)19-24-13-15-25(16-14-24)26-17-18-30-29(20-26)28(11-8-2)23(6)31-30;1-3-2/h21-31H,7-20H2,1-6H3;3H2,1-2H3. The van der Waals surface area contributed by atoms with Crippen molar-refractivity contribution >= 4 is 0 Å². The molecule has 34 heavy (non-hydrogen) atoms. The van der Waals surface area contributed by atoms with Crippen LogP contribution in [0.2, 0.25) is 0 Å². The molecule has 2 saturated carbocycles. The number of rotatable bonds is 11. The summed E-state index contributed by atoms with van der Waals surface area (Å²) in [6.45, 7) is 19.0. The molecule has 1 nitrogen and oxygen atoms in total. The van der Waals surface area contributed by atoms with E-state index in [9.17, 15) is 0 Å². The maximum Gasteiger partial charge on any atom is 0.0101 e. The summed E-state index contributed by atoms with van der Waals surface area (Å²) in [5, 5.41) is 3.98. The molecule has 0 spiro atoms. The van der Waals surface area contributed by atoms with Gasteiger partial charge in [0.25, 0.3) is 0 Å². The first kappa shape index (κ1) is 30.2. The molecule has 3 fully saturated rings. The molecule has 2 aliphatic carbocycles. The topological polar surface area (TPSA) is 12.0 Å². The van der Waals surface area contributed by atoms with Gasteiger partial charge in [-0.15, -0.1) is 0 Å². The molecule has 0 bridgehead atoms. The Morgan fingerprint density at radius 2 is 1.44 bits per heavy atom. The molecule has 0 aromatic rings. The Morgan fingerprint density at radius 3 is 2.03 bits per heavy atom. The van der Waals surface area contributed by atoms with Gasteiger partial charge < -0.3 is 5.32 Å². The average Bonchev–Trinajstić information content (AvgIpc) is 3.13. The molecule has 0 aromatic heterocycles. The predicted octanol–water partition coefficient (Wildman–Crippen LogP) is 10.3. The minimum Gasteiger partial charge on any atom is -0.311 e. The molecule has 8 unspecified atom stereocenters. The summed E-state index contributed by atoms with van der Waals surface area (Å²) in [6, 6.07) is 1.61. The van der Waals surface area contributed by atoms with Crippen LogP contribution in [0.5, 0.6) is 0 Å². The van der Waals surface area contributed by atoms with Crippen LogP contribution in [-0.4, -0.2) is 12.1 Å². The molecular formula is C33H65N. The van der Waals surface area contributed by atoms with Gasteiger partial charge in [0.1, 0.15) is 0 Å². The molecule has 8 atom stereocenters. The second-order valence-electron chi connectivity index (χ2n) is 13.1. The Morgan fingerprint density at radius 1 is 0.794 bits per heavy atom. The van der Waals surface area contributed by atoms with Crippen LogP contribution in [0.4, 0.5) is 0 Å². The van der Waals surface area contributed by atoms with Crippen LogP contribution in [0.25, 0.3) is 0 Å². The van der Waals surface area contributed by atoms with E-state index in [1.54, 1.807) is 19.3 Å². The molecule has 0 radical (unpaired) electrons. The van der Waals surface area contributed by atoms with Crippen LogP contribution in [0, 0.1) is 47.3 Å². The van der Waals surface area contributed by atoms with E-state index in [2.05, 4.69) is 60.7 Å². The molecule has 0 aromatic carbocycles. The van der Waals surface area contributed by atoms with Crippen molar-refractivity contribution in [3.63, 3.8) is 0 Å². The molecule has 3 aliphatic rings. The van der Waals surface area contributed by atoms with E-state index in [4.69, 9.17) is 0 Å². The summed E-state index contributed by atoms with van der Waals surface area (Å²) in [7, 11) is 0. The van der Waals surface area contributed by atoms with Crippen LogP contribution in [0.1, 0.15) is 152 Å². The number of hydrogen-bond acceptors (Lipinski definition) is 1. The minimum atomic E-state index is 0.761. The lowest BCUT2D eigenvalue weighted by atomic mass is 9.64. The molecule has 202 valence electrons. The molecule has 0 amide bonds. The van der Waals surface area contributed by atoms with E-state index in [1.165, 1.54) is 77.0 Å². The van der Waals surface area contributed by atoms with Crippen LogP contribution in [-0.2, 0) is 0 Å². The van der Waals surface area contributed by atoms with Gasteiger partial charge in [0.05, 0.1) is 0 Å². The van der Waals surface area contributed by atoms with Crippen molar-refractivity contribution in [1.82, 2.24) is 5.32 Å². The number of unbranched alkanes of at least 4 members (excludes halogenated alkanes) is 1. The summed E-state index contributed by atoms with van der Waals surface area (Å²) >= 11 is 0. The highest BCUT2D eigenvalue weighted by atomic mass is 15.0. The fourth-order valence-electron chi connectivity index (χ4n) is 8.68. The van der Waals surface area contributed by atoms with Gasteiger partial charge in [-0.1, -0.05) is 99.8 Å². The van der Waals surface area contributed by atoms with Crippen molar-refractivity contribution < 1.29 is 0 Å². The van der Waals surface area contributed by atoms with Crippen LogP contribution in [0.3, 0.4) is 0 Å². The first-order valence-electron chi connectivity index (χ1n) is 16.2. The molecule has 1 saturated heterocycles. The lowest BCUT2D eigenvalue weighted by Crippen LogP contribution is -2.37. The predicted molar refractivity (Wildman–Crippen MR) is 153 cm³/mol. The van der Waals surface area contributed by atoms with Crippen LogP contribution < -0.4 is 5.32 Å². The number of hydrogen-bond donors (Lipinski definition) is 1. The largest absolute Gasteiger partial charge is 0.311 e. The number of fused-ring (bicyclic) bond motifs is 1. The van der Waals surface area contributed by atoms with Crippen molar-refractivity contribution in [2.45, 2.75) is 164 Å². The van der Waals surface area contributed by atoms with Gasteiger partial charge in [0, 0.05) is 12.1 Å². The third-order valence-electron chi connectivity index (χ3n) is 10.4. The normalized spacial score (nSPS) is 36.2. The maximum absolute atomic E-state index is 3.98. The SMILES string of the molecule is CCC.CCCCC(C)C(CC)C(C)CC1CCC(C2CCC3NC(C)C(CCC)C3C2)CC1. The Bertz CT molecular complexity index is 507. The second kappa shape index (κ2) is 15.9. The lowest BCUT2D eigenvalue weighted by molar-refractivity contribution is 0.104. The highest BCUT2D eigenvalue weighted by Crippen LogP contribution is 2.48. The second-order valence-corrected chi connectivity index (χ2v) is 13.1. The van der Waals surface area contributed by atoms with E-state index in [1.807, 2.05) is 0 Å². The molecule has 1 aliphatic heterocycles. The third kappa shape index (κ3) is 8.52. The summed E-state index contributed by atoms with van der Waals surface area (Å²) in [5.74, 6) is 7.86. The maximum atomic E-state index is 3.98. The molecule has 3 rings (SSSR count). The molecular weight excluding hydrogens is 410 g/mol. The van der Waals surface area contributed by atoms with Gasteiger partial charge in [-0.05, 0) is 99.2 Å². The Kier molecular flexibility index (Phi) is 14.2. The molecule has 1 heterocycles. The van der Waals surface area contributed by atoms with Gasteiger partial charge in [0.15, 0.2) is 0 Å². The zero-order chi connectivity index (χ0) is 25.1. The quantitative estimate of drug-likeness (QED) is 0.313. The van der Waals surface area contributed by atoms with Gasteiger partial charge in [-0.25, -0.2) is 0 Å². The van der Waals surface area contributed by atoms with E-state index < -0.39 is 0 Å². The first-order chi connectivity index (χ1) is 16.4. The van der Waals surface area contributed by atoms with Gasteiger partial charge in [-0.2, -0.15) is 0 Å². The van der Waals surface area contributed by atoms with E-state index in [0.717, 1.165) is 59.4 Å². The number of nitrogens with one attached hydrogen (secondary N) is 1. The Hall–Kier alpha value is -0.0400. The minimum absolute atomic E-state index is 0.761. The summed E-state index contributed by atoms with van der Waals surface area (Å²) in [5.41, 5.74) is 0. The highest BCUT2D eigenvalue weighted by molar-refractivity contribution is 5.00. The molecule has 1 heteroatoms. The van der Waals surface area contributed by atoms with E-state index >= 15 is 0 Å². The van der Waals surface area contributed by atoms with Crippen LogP contribution in [0.15, 0.2) is 0 Å². The Balaban J connectivity index is 0.00000129. The lowest BCUT2D eigenvalue weighted by Gasteiger charge is -2.41. The van der Waals surface area contributed by atoms with Crippen molar-refractivity contribution in [2.75, 3.05) is 0 Å². The van der Waals surface area contributed by atoms with Crippen molar-refractivity contribution in [2.24, 2.45) is 47.3 Å². The van der Waals surface area contributed by atoms with Gasteiger partial charge in [0.2, 0.25) is 0 Å². The smallest absolute Gasteiger partial charge is 0.0101 e. The van der Waals surface area contributed by atoms with Crippen molar-refractivity contribution in [1.29, 1.82) is 0 Å². The summed E-state index contributed by atoms with van der Waals surface area (Å²) in [4.78, 5) is 0. The van der Waals surface area contributed by atoms with Crippen molar-refractivity contribution in [3.8, 4) is 0 Å². The highest BCUT2D eigenvalue weighted by Gasteiger charge is 2.45. The van der Waals surface area contributed by atoms with Crippen LogP contribution >= 0.6 is 0 Å². The van der Waals surface area contributed by atoms with Gasteiger partial charge >= 0.3 is 0 Å². The van der Waals surface area contributed by atoms with Crippen molar-refractivity contribution in [3.05, 3.63) is 0 Å². The fraction of sp³-hybridized carbons (Fsp3) is 1.00. The summed E-state index contributed by atoms with van der Waals surface area (Å²) in [6.07, 6.45) is 21.9. The zero-order valence-corrected chi connectivity index (χ0v) is 24.9. The summed E-state index contributed by atoms with van der Waals surface area (Å²) < 4.78 is 0. The zero-order valence-electron chi connectivity index (χ0n) is 24.9. The third-order valence-corrected chi connectivity index (χ3v) is 10.4.